The average Bonchev–Trinajstić information content (AvgIpc) is 3.25. The first-order valence-corrected chi connectivity index (χ1v) is 11.8. The van der Waals surface area contributed by atoms with Crippen LogP contribution in [0.1, 0.15) is 29.4 Å². The maximum atomic E-state index is 12.9. The second kappa shape index (κ2) is 9.98. The molecule has 2 aromatic carbocycles. The molecule has 180 valence electrons. The van der Waals surface area contributed by atoms with Crippen molar-refractivity contribution in [3.63, 3.8) is 0 Å². The van der Waals surface area contributed by atoms with E-state index >= 15 is 0 Å². The van der Waals surface area contributed by atoms with Crippen LogP contribution in [0.4, 0.5) is 10.5 Å². The Balaban J connectivity index is 1.54. The minimum Gasteiger partial charge on any atom is -0.324 e. The van der Waals surface area contributed by atoms with E-state index < -0.39 is 17.8 Å². The third-order valence-electron chi connectivity index (χ3n) is 5.87. The van der Waals surface area contributed by atoms with Gasteiger partial charge in [-0.2, -0.15) is 0 Å². The lowest BCUT2D eigenvalue weighted by Gasteiger charge is -2.13. The zero-order valence-corrected chi connectivity index (χ0v) is 21.0. The van der Waals surface area contributed by atoms with Crippen LogP contribution < -0.4 is 10.6 Å². The number of amides is 4. The number of halogens is 2. The van der Waals surface area contributed by atoms with Gasteiger partial charge in [0, 0.05) is 22.8 Å². The standard InChI is InChI=1S/C26H24Cl2N4O3/c1-4-17-7-5-6-8-22(17)29-24(33)14-31-25(34)23(30-26(31)35)12-18-11-15(2)32(16(18)3)19-9-10-20(27)21(28)13-19/h5-13H,4,14H2,1-3H3,(H,29,33)(H,30,35)/b23-12-. The first-order chi connectivity index (χ1) is 16.7. The highest BCUT2D eigenvalue weighted by atomic mass is 35.5. The molecule has 0 spiro atoms. The summed E-state index contributed by atoms with van der Waals surface area (Å²) >= 11 is 12.2. The summed E-state index contributed by atoms with van der Waals surface area (Å²) < 4.78 is 1.98. The van der Waals surface area contributed by atoms with Gasteiger partial charge in [0.25, 0.3) is 5.91 Å². The number of carbonyl (C=O) groups excluding carboxylic acids is 3. The SMILES string of the molecule is CCc1ccccc1NC(=O)CN1C(=O)N/C(=C\c2cc(C)n(-c3ccc(Cl)c(Cl)c3)c2C)C1=O. The van der Waals surface area contributed by atoms with E-state index in [0.29, 0.717) is 15.7 Å². The molecule has 1 fully saturated rings. The second-order valence-electron chi connectivity index (χ2n) is 8.20. The van der Waals surface area contributed by atoms with Crippen LogP contribution in [-0.2, 0) is 16.0 Å². The van der Waals surface area contributed by atoms with E-state index in [-0.39, 0.29) is 12.2 Å². The summed E-state index contributed by atoms with van der Waals surface area (Å²) in [6, 6.07) is 14.0. The molecule has 3 aromatic rings. The van der Waals surface area contributed by atoms with Crippen LogP contribution in [0.3, 0.4) is 0 Å². The summed E-state index contributed by atoms with van der Waals surface area (Å²) in [5.74, 6) is -1.01. The van der Waals surface area contributed by atoms with Crippen molar-refractivity contribution in [2.24, 2.45) is 0 Å². The van der Waals surface area contributed by atoms with Gasteiger partial charge < -0.3 is 15.2 Å². The van der Waals surface area contributed by atoms with Crippen LogP contribution in [0.2, 0.25) is 10.0 Å². The molecule has 0 radical (unpaired) electrons. The van der Waals surface area contributed by atoms with Crippen molar-refractivity contribution in [2.45, 2.75) is 27.2 Å². The topological polar surface area (TPSA) is 83.4 Å². The van der Waals surface area contributed by atoms with Crippen LogP contribution in [-0.4, -0.2) is 33.9 Å². The number of hydrogen-bond donors (Lipinski definition) is 2. The Kier molecular flexibility index (Phi) is 7.00. The normalized spacial score (nSPS) is 14.5. The Morgan fingerprint density at radius 1 is 1.06 bits per heavy atom. The molecule has 0 aliphatic carbocycles. The number of nitrogens with zero attached hydrogens (tertiary/aromatic N) is 2. The van der Waals surface area contributed by atoms with Crippen LogP contribution in [0.25, 0.3) is 11.8 Å². The molecular weight excluding hydrogens is 487 g/mol. The van der Waals surface area contributed by atoms with E-state index in [2.05, 4.69) is 10.6 Å². The van der Waals surface area contributed by atoms with Gasteiger partial charge in [-0.3, -0.25) is 9.59 Å². The number of benzene rings is 2. The molecule has 2 heterocycles. The van der Waals surface area contributed by atoms with E-state index in [1.807, 2.05) is 55.7 Å². The maximum absolute atomic E-state index is 12.9. The third-order valence-corrected chi connectivity index (χ3v) is 6.61. The lowest BCUT2D eigenvalue weighted by atomic mass is 10.1. The first kappa shape index (κ1) is 24.6. The molecule has 2 N–H and O–H groups in total. The van der Waals surface area contributed by atoms with Gasteiger partial charge in [-0.05, 0) is 67.8 Å². The highest BCUT2D eigenvalue weighted by molar-refractivity contribution is 6.42. The van der Waals surface area contributed by atoms with Crippen LogP contribution in [0.5, 0.6) is 0 Å². The van der Waals surface area contributed by atoms with Crippen LogP contribution >= 0.6 is 23.2 Å². The molecule has 35 heavy (non-hydrogen) atoms. The maximum Gasteiger partial charge on any atom is 0.329 e. The number of urea groups is 1. The average molecular weight is 511 g/mol. The van der Waals surface area contributed by atoms with Crippen molar-refractivity contribution in [2.75, 3.05) is 11.9 Å². The van der Waals surface area contributed by atoms with Gasteiger partial charge in [0.1, 0.15) is 12.2 Å². The zero-order chi connectivity index (χ0) is 25.3. The summed E-state index contributed by atoms with van der Waals surface area (Å²) in [5.41, 5.74) is 5.07. The van der Waals surface area contributed by atoms with Gasteiger partial charge >= 0.3 is 6.03 Å². The minimum absolute atomic E-state index is 0.103. The predicted octanol–water partition coefficient (Wildman–Crippen LogP) is 5.49. The van der Waals surface area contributed by atoms with E-state index in [0.717, 1.165) is 39.5 Å². The molecule has 0 saturated carbocycles. The Morgan fingerprint density at radius 2 is 1.80 bits per heavy atom. The molecule has 9 heteroatoms. The molecule has 0 atom stereocenters. The molecule has 1 aliphatic heterocycles. The van der Waals surface area contributed by atoms with E-state index in [1.54, 1.807) is 24.3 Å². The van der Waals surface area contributed by atoms with Gasteiger partial charge in [-0.15, -0.1) is 0 Å². The Morgan fingerprint density at radius 3 is 2.51 bits per heavy atom. The van der Waals surface area contributed by atoms with Crippen molar-refractivity contribution in [3.8, 4) is 5.69 Å². The van der Waals surface area contributed by atoms with Crippen molar-refractivity contribution in [1.29, 1.82) is 0 Å². The van der Waals surface area contributed by atoms with Gasteiger partial charge in [0.15, 0.2) is 0 Å². The van der Waals surface area contributed by atoms with Gasteiger partial charge in [-0.1, -0.05) is 48.3 Å². The predicted molar refractivity (Wildman–Crippen MR) is 138 cm³/mol. The molecule has 4 rings (SSSR count). The molecular formula is C26H24Cl2N4O3. The molecule has 4 amide bonds. The van der Waals surface area contributed by atoms with Gasteiger partial charge in [0.2, 0.25) is 5.91 Å². The first-order valence-electron chi connectivity index (χ1n) is 11.1. The summed E-state index contributed by atoms with van der Waals surface area (Å²) in [4.78, 5) is 38.9. The fraction of sp³-hybridized carbons (Fsp3) is 0.192. The smallest absolute Gasteiger partial charge is 0.324 e. The summed E-state index contributed by atoms with van der Waals surface area (Å²) in [5, 5.41) is 6.26. The summed E-state index contributed by atoms with van der Waals surface area (Å²) in [7, 11) is 0. The van der Waals surface area contributed by atoms with Crippen molar-refractivity contribution < 1.29 is 14.4 Å². The Bertz CT molecular complexity index is 1380. The molecule has 1 aromatic heterocycles. The highest BCUT2D eigenvalue weighted by Gasteiger charge is 2.35. The minimum atomic E-state index is -0.640. The number of aromatic nitrogens is 1. The molecule has 1 aliphatic rings. The lowest BCUT2D eigenvalue weighted by Crippen LogP contribution is -2.38. The quantitative estimate of drug-likeness (QED) is 0.339. The van der Waals surface area contributed by atoms with E-state index in [1.165, 1.54) is 0 Å². The summed E-state index contributed by atoms with van der Waals surface area (Å²) in [6.45, 7) is 5.43. The van der Waals surface area contributed by atoms with Gasteiger partial charge in [-0.25, -0.2) is 9.69 Å². The number of imide groups is 1. The fourth-order valence-electron chi connectivity index (χ4n) is 4.11. The van der Waals surface area contributed by atoms with Crippen molar-refractivity contribution in [1.82, 2.24) is 14.8 Å². The fourth-order valence-corrected chi connectivity index (χ4v) is 4.40. The number of aryl methyl sites for hydroxylation is 2. The molecule has 1 saturated heterocycles. The second-order valence-corrected chi connectivity index (χ2v) is 9.01. The number of para-hydroxylation sites is 1. The highest BCUT2D eigenvalue weighted by Crippen LogP contribution is 2.29. The molecule has 0 bridgehead atoms. The number of hydrogen-bond acceptors (Lipinski definition) is 3. The van der Waals surface area contributed by atoms with Gasteiger partial charge in [0.05, 0.1) is 10.0 Å². The number of rotatable bonds is 6. The van der Waals surface area contributed by atoms with Crippen molar-refractivity contribution >= 4 is 52.8 Å². The third kappa shape index (κ3) is 4.97. The van der Waals surface area contributed by atoms with E-state index in [9.17, 15) is 14.4 Å². The number of carbonyl (C=O) groups is 3. The number of anilines is 1. The Labute approximate surface area is 213 Å². The molecule has 7 nitrogen and oxygen atoms in total. The summed E-state index contributed by atoms with van der Waals surface area (Å²) in [6.07, 6.45) is 2.36. The number of nitrogens with one attached hydrogen (secondary N) is 2. The lowest BCUT2D eigenvalue weighted by molar-refractivity contribution is -0.127. The van der Waals surface area contributed by atoms with E-state index in [4.69, 9.17) is 23.2 Å². The zero-order valence-electron chi connectivity index (χ0n) is 19.5. The van der Waals surface area contributed by atoms with Crippen LogP contribution in [0.15, 0.2) is 54.2 Å². The monoisotopic (exact) mass is 510 g/mol. The molecule has 0 unspecified atom stereocenters. The van der Waals surface area contributed by atoms with Crippen molar-refractivity contribution in [3.05, 3.63) is 86.8 Å². The Hall–Kier alpha value is -3.55. The largest absolute Gasteiger partial charge is 0.329 e. The van der Waals surface area contributed by atoms with Crippen LogP contribution in [0, 0.1) is 13.8 Å².